The average Bonchev–Trinajstić information content (AvgIpc) is 3.00. The molecule has 1 saturated heterocycles. The van der Waals surface area contributed by atoms with Crippen LogP contribution in [0.2, 0.25) is 0 Å². The molecule has 2 heterocycles. The van der Waals surface area contributed by atoms with E-state index in [2.05, 4.69) is 15.3 Å². The molecule has 0 amide bonds. The van der Waals surface area contributed by atoms with Crippen molar-refractivity contribution in [1.29, 1.82) is 0 Å². The van der Waals surface area contributed by atoms with Gasteiger partial charge in [-0.05, 0) is 32.6 Å². The zero-order valence-electron chi connectivity index (χ0n) is 10.7. The maximum Gasteiger partial charge on any atom is 0.218 e. The Hall–Kier alpha value is -1.36. The third kappa shape index (κ3) is 2.72. The van der Waals surface area contributed by atoms with E-state index < -0.39 is 0 Å². The third-order valence-electron chi connectivity index (χ3n) is 3.16. The molecule has 1 N–H and O–H groups in total. The zero-order valence-corrected chi connectivity index (χ0v) is 10.7. The van der Waals surface area contributed by atoms with Crippen LogP contribution >= 0.6 is 0 Å². The lowest BCUT2D eigenvalue weighted by molar-refractivity contribution is 0.104. The molecular weight excluding hydrogens is 230 g/mol. The first-order chi connectivity index (χ1) is 8.85. The van der Waals surface area contributed by atoms with Gasteiger partial charge in [-0.25, -0.2) is 4.98 Å². The van der Waals surface area contributed by atoms with Gasteiger partial charge in [0.05, 0.1) is 6.61 Å². The quantitative estimate of drug-likeness (QED) is 0.867. The Morgan fingerprint density at radius 1 is 1.39 bits per heavy atom. The lowest BCUT2D eigenvalue weighted by atomic mass is 10.2. The molecule has 0 radical (unpaired) electrons. The van der Waals surface area contributed by atoms with Crippen molar-refractivity contribution in [2.45, 2.75) is 44.8 Å². The van der Waals surface area contributed by atoms with Crippen LogP contribution in [-0.4, -0.2) is 29.2 Å². The van der Waals surface area contributed by atoms with Gasteiger partial charge in [-0.1, -0.05) is 0 Å². The molecule has 1 unspecified atom stereocenters. The van der Waals surface area contributed by atoms with Crippen LogP contribution in [0.5, 0.6) is 5.88 Å². The first kappa shape index (κ1) is 11.7. The van der Waals surface area contributed by atoms with E-state index in [0.29, 0.717) is 18.5 Å². The van der Waals surface area contributed by atoms with E-state index in [-0.39, 0.29) is 6.10 Å². The summed E-state index contributed by atoms with van der Waals surface area (Å²) in [6.07, 6.45) is 4.56. The second-order valence-corrected chi connectivity index (χ2v) is 4.80. The van der Waals surface area contributed by atoms with Gasteiger partial charge in [-0.3, -0.25) is 0 Å². The van der Waals surface area contributed by atoms with E-state index >= 15 is 0 Å². The monoisotopic (exact) mass is 249 g/mol. The molecule has 0 aromatic carbocycles. The second-order valence-electron chi connectivity index (χ2n) is 4.80. The fourth-order valence-corrected chi connectivity index (χ4v) is 2.10. The van der Waals surface area contributed by atoms with E-state index in [1.807, 2.05) is 13.0 Å². The topological polar surface area (TPSA) is 56.3 Å². The van der Waals surface area contributed by atoms with Crippen LogP contribution in [0.1, 0.15) is 44.5 Å². The number of nitrogens with zero attached hydrogens (tertiary/aromatic N) is 2. The zero-order chi connectivity index (χ0) is 12.4. The highest BCUT2D eigenvalue weighted by Gasteiger charge is 2.25. The molecule has 2 aliphatic rings. The molecule has 98 valence electrons. The summed E-state index contributed by atoms with van der Waals surface area (Å²) in [4.78, 5) is 8.99. The van der Waals surface area contributed by atoms with Crippen LogP contribution < -0.4 is 10.1 Å². The summed E-state index contributed by atoms with van der Waals surface area (Å²) in [5.74, 6) is 2.25. The standard InChI is InChI=1S/C13H19N3O2/c1-2-17-12-8-11(14-9-5-6-9)15-13(16-12)10-4-3-7-18-10/h8-10H,2-7H2,1H3,(H,14,15,16). The van der Waals surface area contributed by atoms with E-state index in [1.54, 1.807) is 0 Å². The second kappa shape index (κ2) is 5.10. The molecule has 18 heavy (non-hydrogen) atoms. The Morgan fingerprint density at radius 2 is 2.28 bits per heavy atom. The number of hydrogen-bond acceptors (Lipinski definition) is 5. The molecule has 0 bridgehead atoms. The molecule has 5 nitrogen and oxygen atoms in total. The highest BCUT2D eigenvalue weighted by molar-refractivity contribution is 5.41. The van der Waals surface area contributed by atoms with Crippen LogP contribution in [0, 0.1) is 0 Å². The molecule has 0 spiro atoms. The van der Waals surface area contributed by atoms with Crippen LogP contribution in [0.15, 0.2) is 6.07 Å². The van der Waals surface area contributed by atoms with Crippen LogP contribution in [0.25, 0.3) is 0 Å². The summed E-state index contributed by atoms with van der Waals surface area (Å²) in [6.45, 7) is 3.38. The lowest BCUT2D eigenvalue weighted by Crippen LogP contribution is -2.10. The molecule has 5 heteroatoms. The number of ether oxygens (including phenoxy) is 2. The highest BCUT2D eigenvalue weighted by Crippen LogP contribution is 2.30. The molecule has 1 aromatic rings. The van der Waals surface area contributed by atoms with Gasteiger partial charge < -0.3 is 14.8 Å². The number of anilines is 1. The highest BCUT2D eigenvalue weighted by atomic mass is 16.5. The SMILES string of the molecule is CCOc1cc(NC2CC2)nc(C2CCCO2)n1. The predicted molar refractivity (Wildman–Crippen MR) is 67.8 cm³/mol. The Balaban J connectivity index is 1.82. The average molecular weight is 249 g/mol. The van der Waals surface area contributed by atoms with Crippen LogP contribution in [0.3, 0.4) is 0 Å². The lowest BCUT2D eigenvalue weighted by Gasteiger charge is -2.12. The summed E-state index contributed by atoms with van der Waals surface area (Å²) in [6, 6.07) is 2.45. The fourth-order valence-electron chi connectivity index (χ4n) is 2.10. The van der Waals surface area contributed by atoms with E-state index in [0.717, 1.165) is 31.1 Å². The minimum absolute atomic E-state index is 0.0326. The molecule has 3 rings (SSSR count). The van der Waals surface area contributed by atoms with Gasteiger partial charge in [-0.2, -0.15) is 4.98 Å². The van der Waals surface area contributed by atoms with Crippen molar-refractivity contribution in [1.82, 2.24) is 9.97 Å². The molecule has 1 aliphatic heterocycles. The summed E-state index contributed by atoms with van der Waals surface area (Å²) in [5.41, 5.74) is 0. The van der Waals surface area contributed by atoms with Gasteiger partial charge in [0, 0.05) is 18.7 Å². The minimum Gasteiger partial charge on any atom is -0.478 e. The number of rotatable bonds is 5. The van der Waals surface area contributed by atoms with Gasteiger partial charge in [0.15, 0.2) is 5.82 Å². The number of hydrogen-bond donors (Lipinski definition) is 1. The first-order valence-corrected chi connectivity index (χ1v) is 6.75. The van der Waals surface area contributed by atoms with Gasteiger partial charge in [-0.15, -0.1) is 0 Å². The molecule has 1 aliphatic carbocycles. The van der Waals surface area contributed by atoms with Crippen molar-refractivity contribution < 1.29 is 9.47 Å². The van der Waals surface area contributed by atoms with E-state index in [1.165, 1.54) is 12.8 Å². The summed E-state index contributed by atoms with van der Waals surface area (Å²) in [7, 11) is 0. The number of nitrogens with one attached hydrogen (secondary N) is 1. The molecule has 1 saturated carbocycles. The summed E-state index contributed by atoms with van der Waals surface area (Å²) >= 11 is 0. The van der Waals surface area contributed by atoms with E-state index in [9.17, 15) is 0 Å². The van der Waals surface area contributed by atoms with Crippen molar-refractivity contribution in [3.05, 3.63) is 11.9 Å². The van der Waals surface area contributed by atoms with Gasteiger partial charge >= 0.3 is 0 Å². The summed E-state index contributed by atoms with van der Waals surface area (Å²) < 4.78 is 11.1. The normalized spacial score (nSPS) is 23.1. The van der Waals surface area contributed by atoms with Gasteiger partial charge in [0.2, 0.25) is 5.88 Å². The fraction of sp³-hybridized carbons (Fsp3) is 0.692. The number of aromatic nitrogens is 2. The van der Waals surface area contributed by atoms with Crippen molar-refractivity contribution >= 4 is 5.82 Å². The van der Waals surface area contributed by atoms with Crippen LogP contribution in [-0.2, 0) is 4.74 Å². The maximum absolute atomic E-state index is 5.64. The Labute approximate surface area is 107 Å². The third-order valence-corrected chi connectivity index (χ3v) is 3.16. The largest absolute Gasteiger partial charge is 0.478 e. The summed E-state index contributed by atoms with van der Waals surface area (Å²) in [5, 5.41) is 3.39. The molecular formula is C13H19N3O2. The maximum atomic E-state index is 5.64. The Kier molecular flexibility index (Phi) is 3.32. The van der Waals surface area contributed by atoms with Crippen molar-refractivity contribution in [2.24, 2.45) is 0 Å². The smallest absolute Gasteiger partial charge is 0.218 e. The van der Waals surface area contributed by atoms with Crippen molar-refractivity contribution in [3.63, 3.8) is 0 Å². The predicted octanol–water partition coefficient (Wildman–Crippen LogP) is 2.30. The molecule has 2 fully saturated rings. The van der Waals surface area contributed by atoms with Gasteiger partial charge in [0.25, 0.3) is 0 Å². The molecule has 1 aromatic heterocycles. The van der Waals surface area contributed by atoms with Crippen molar-refractivity contribution in [2.75, 3.05) is 18.5 Å². The van der Waals surface area contributed by atoms with Gasteiger partial charge in [0.1, 0.15) is 11.9 Å². The Bertz CT molecular complexity index is 415. The van der Waals surface area contributed by atoms with Crippen molar-refractivity contribution in [3.8, 4) is 5.88 Å². The first-order valence-electron chi connectivity index (χ1n) is 6.75. The molecule has 1 atom stereocenters. The minimum atomic E-state index is 0.0326. The van der Waals surface area contributed by atoms with Crippen LogP contribution in [0.4, 0.5) is 5.82 Å². The Morgan fingerprint density at radius 3 is 2.94 bits per heavy atom. The van der Waals surface area contributed by atoms with E-state index in [4.69, 9.17) is 9.47 Å².